The maximum absolute atomic E-state index is 12.8. The maximum Gasteiger partial charge on any atom is 0.0993 e. The largest absolute Gasteiger partial charge is 0.250 e. The summed E-state index contributed by atoms with van der Waals surface area (Å²) in [5.74, 6) is 0. The molecule has 1 aromatic rings. The van der Waals surface area contributed by atoms with Crippen molar-refractivity contribution >= 4 is 23.2 Å². The van der Waals surface area contributed by atoms with Crippen LogP contribution in [0.5, 0.6) is 0 Å². The lowest BCUT2D eigenvalue weighted by Crippen LogP contribution is -2.20. The molecule has 2 heteroatoms. The average Bonchev–Trinajstić information content (AvgIpc) is 2.30. The highest BCUT2D eigenvalue weighted by atomic mass is 32.1. The Hall–Kier alpha value is -1.02. The third-order valence-corrected chi connectivity index (χ3v) is 2.96. The fourth-order valence-electron chi connectivity index (χ4n) is 1.38. The molecule has 15 heavy (non-hydrogen) atoms. The minimum Gasteiger partial charge on any atom is -0.250 e. The number of rotatable bonds is 5. The Labute approximate surface area is 95.8 Å². The SMILES string of the molecule is C=C(CC(C)(C=S)CF)c1ccccc1. The number of allylic oxidation sites excluding steroid dienone is 1. The summed E-state index contributed by atoms with van der Waals surface area (Å²) >= 11 is 4.85. The van der Waals surface area contributed by atoms with E-state index in [-0.39, 0.29) is 0 Å². The van der Waals surface area contributed by atoms with Gasteiger partial charge < -0.3 is 0 Å². The van der Waals surface area contributed by atoms with Crippen molar-refractivity contribution in [3.05, 3.63) is 42.5 Å². The van der Waals surface area contributed by atoms with Gasteiger partial charge in [-0.05, 0) is 22.9 Å². The van der Waals surface area contributed by atoms with Crippen LogP contribution in [-0.2, 0) is 0 Å². The van der Waals surface area contributed by atoms with E-state index >= 15 is 0 Å². The number of alkyl halides is 1. The van der Waals surface area contributed by atoms with Crippen molar-refractivity contribution in [1.29, 1.82) is 0 Å². The van der Waals surface area contributed by atoms with Gasteiger partial charge in [0.25, 0.3) is 0 Å². The van der Waals surface area contributed by atoms with E-state index in [0.717, 1.165) is 11.1 Å². The van der Waals surface area contributed by atoms with Gasteiger partial charge in [-0.3, -0.25) is 4.39 Å². The lowest BCUT2D eigenvalue weighted by molar-refractivity contribution is 0.335. The van der Waals surface area contributed by atoms with Crippen LogP contribution in [0.1, 0.15) is 18.9 Å². The molecule has 0 nitrogen and oxygen atoms in total. The minimum atomic E-state index is -0.567. The van der Waals surface area contributed by atoms with Crippen molar-refractivity contribution in [2.75, 3.05) is 6.67 Å². The lowest BCUT2D eigenvalue weighted by atomic mass is 9.85. The van der Waals surface area contributed by atoms with Crippen LogP contribution in [0.3, 0.4) is 0 Å². The Kier molecular flexibility index (Phi) is 4.15. The van der Waals surface area contributed by atoms with Crippen molar-refractivity contribution in [1.82, 2.24) is 0 Å². The molecule has 1 rings (SSSR count). The molecule has 0 heterocycles. The van der Waals surface area contributed by atoms with E-state index in [0.29, 0.717) is 6.42 Å². The zero-order chi connectivity index (χ0) is 11.3. The van der Waals surface area contributed by atoms with Gasteiger partial charge in [-0.25, -0.2) is 0 Å². The van der Waals surface area contributed by atoms with Crippen molar-refractivity contribution in [3.8, 4) is 0 Å². The molecule has 0 radical (unpaired) electrons. The first kappa shape index (κ1) is 12.1. The highest BCUT2D eigenvalue weighted by Crippen LogP contribution is 2.29. The van der Waals surface area contributed by atoms with E-state index in [4.69, 9.17) is 12.2 Å². The standard InChI is InChI=1S/C13H15FS/c1-11(8-13(2,9-14)10-15)12-6-4-3-5-7-12/h3-7,10H,1,8-9H2,2H3. The Morgan fingerprint density at radius 2 is 2.07 bits per heavy atom. The molecule has 0 saturated carbocycles. The fraction of sp³-hybridized carbons (Fsp3) is 0.308. The second-order valence-electron chi connectivity index (χ2n) is 4.05. The van der Waals surface area contributed by atoms with Crippen molar-refractivity contribution in [2.24, 2.45) is 5.41 Å². The van der Waals surface area contributed by atoms with Gasteiger partial charge in [0, 0.05) is 5.41 Å². The normalized spacial score (nSPS) is 14.3. The van der Waals surface area contributed by atoms with Crippen LogP contribution in [-0.4, -0.2) is 12.0 Å². The molecule has 0 aliphatic rings. The molecule has 0 amide bonds. The first-order chi connectivity index (χ1) is 7.11. The molecule has 0 spiro atoms. The Balaban J connectivity index is 2.76. The number of thiocarbonyl (C=S) groups is 1. The predicted octanol–water partition coefficient (Wildman–Crippen LogP) is 4.07. The second-order valence-corrected chi connectivity index (χ2v) is 4.29. The van der Waals surface area contributed by atoms with Gasteiger partial charge in [0.2, 0.25) is 0 Å². The van der Waals surface area contributed by atoms with Crippen LogP contribution < -0.4 is 0 Å². The lowest BCUT2D eigenvalue weighted by Gasteiger charge is -2.21. The molecule has 0 aliphatic carbocycles. The molecular weight excluding hydrogens is 207 g/mol. The summed E-state index contributed by atoms with van der Waals surface area (Å²) in [7, 11) is 0. The zero-order valence-electron chi connectivity index (χ0n) is 8.87. The number of benzene rings is 1. The van der Waals surface area contributed by atoms with Crippen LogP contribution >= 0.6 is 12.2 Å². The monoisotopic (exact) mass is 222 g/mol. The minimum absolute atomic E-state index is 0.442. The molecule has 80 valence electrons. The number of halogens is 1. The molecule has 0 bridgehead atoms. The Bertz CT molecular complexity index is 345. The van der Waals surface area contributed by atoms with Gasteiger partial charge in [-0.2, -0.15) is 0 Å². The van der Waals surface area contributed by atoms with Crippen molar-refractivity contribution in [2.45, 2.75) is 13.3 Å². The highest BCUT2D eigenvalue weighted by Gasteiger charge is 2.22. The average molecular weight is 222 g/mol. The van der Waals surface area contributed by atoms with E-state index in [2.05, 4.69) is 6.58 Å². The van der Waals surface area contributed by atoms with Gasteiger partial charge in [-0.1, -0.05) is 56.1 Å². The number of hydrogen-bond donors (Lipinski definition) is 0. The third-order valence-electron chi connectivity index (χ3n) is 2.39. The first-order valence-corrected chi connectivity index (χ1v) is 5.34. The smallest absolute Gasteiger partial charge is 0.0993 e. The van der Waals surface area contributed by atoms with E-state index in [1.54, 1.807) is 0 Å². The summed E-state index contributed by atoms with van der Waals surface area (Å²) in [6.45, 7) is 5.34. The second kappa shape index (κ2) is 5.17. The molecular formula is C13H15FS. The van der Waals surface area contributed by atoms with E-state index in [9.17, 15) is 4.39 Å². The molecule has 0 N–H and O–H groups in total. The van der Waals surface area contributed by atoms with Crippen LogP contribution in [0.25, 0.3) is 5.57 Å². The van der Waals surface area contributed by atoms with E-state index in [1.807, 2.05) is 37.3 Å². The highest BCUT2D eigenvalue weighted by molar-refractivity contribution is 7.79. The van der Waals surface area contributed by atoms with Crippen molar-refractivity contribution in [3.63, 3.8) is 0 Å². The summed E-state index contributed by atoms with van der Waals surface area (Å²) < 4.78 is 12.8. The van der Waals surface area contributed by atoms with Gasteiger partial charge in [0.05, 0.1) is 6.67 Å². The van der Waals surface area contributed by atoms with Crippen LogP contribution in [0, 0.1) is 5.41 Å². The van der Waals surface area contributed by atoms with E-state index < -0.39 is 12.1 Å². The molecule has 0 aromatic heterocycles. The molecule has 0 saturated heterocycles. The number of hydrogen-bond acceptors (Lipinski definition) is 1. The molecule has 0 fully saturated rings. The van der Waals surface area contributed by atoms with E-state index in [1.165, 1.54) is 5.37 Å². The fourth-order valence-corrected chi connectivity index (χ4v) is 1.53. The summed E-state index contributed by atoms with van der Waals surface area (Å²) in [5.41, 5.74) is 1.41. The van der Waals surface area contributed by atoms with Gasteiger partial charge in [0.15, 0.2) is 0 Å². The van der Waals surface area contributed by atoms with Crippen LogP contribution in [0.2, 0.25) is 0 Å². The predicted molar refractivity (Wildman–Crippen MR) is 67.8 cm³/mol. The van der Waals surface area contributed by atoms with Crippen LogP contribution in [0.4, 0.5) is 4.39 Å². The topological polar surface area (TPSA) is 0 Å². The molecule has 1 aromatic carbocycles. The Morgan fingerprint density at radius 3 is 2.53 bits per heavy atom. The first-order valence-electron chi connectivity index (χ1n) is 4.87. The molecule has 1 atom stereocenters. The summed E-state index contributed by atoms with van der Waals surface area (Å²) in [6, 6.07) is 9.80. The summed E-state index contributed by atoms with van der Waals surface area (Å²) in [4.78, 5) is 0. The van der Waals surface area contributed by atoms with Crippen molar-refractivity contribution < 1.29 is 4.39 Å². The quantitative estimate of drug-likeness (QED) is 0.677. The maximum atomic E-state index is 12.8. The van der Waals surface area contributed by atoms with Gasteiger partial charge in [-0.15, -0.1) is 0 Å². The summed E-state index contributed by atoms with van der Waals surface area (Å²) in [5, 5.41) is 1.50. The zero-order valence-corrected chi connectivity index (χ0v) is 9.69. The third kappa shape index (κ3) is 3.24. The summed E-state index contributed by atoms with van der Waals surface area (Å²) in [6.07, 6.45) is 0.566. The van der Waals surface area contributed by atoms with Gasteiger partial charge >= 0.3 is 0 Å². The van der Waals surface area contributed by atoms with Crippen LogP contribution in [0.15, 0.2) is 36.9 Å². The molecule has 1 unspecified atom stereocenters. The Morgan fingerprint density at radius 1 is 1.47 bits per heavy atom. The van der Waals surface area contributed by atoms with Gasteiger partial charge in [0.1, 0.15) is 0 Å². The molecule has 0 aliphatic heterocycles.